The SMILES string of the molecule is Br.C=CCc1cccc2ccccc12. The molecule has 0 amide bonds. The molecule has 0 saturated carbocycles. The second-order valence-electron chi connectivity index (χ2n) is 3.13. The van der Waals surface area contributed by atoms with E-state index in [9.17, 15) is 0 Å². The van der Waals surface area contributed by atoms with E-state index >= 15 is 0 Å². The molecular weight excluding hydrogens is 236 g/mol. The molecule has 14 heavy (non-hydrogen) atoms. The summed E-state index contributed by atoms with van der Waals surface area (Å²) in [6, 6.07) is 14.8. The molecule has 2 aromatic rings. The normalized spacial score (nSPS) is 9.43. The molecule has 0 heterocycles. The lowest BCUT2D eigenvalue weighted by Crippen LogP contribution is -1.82. The lowest BCUT2D eigenvalue weighted by Gasteiger charge is -2.02. The van der Waals surface area contributed by atoms with Gasteiger partial charge in [0.1, 0.15) is 0 Å². The Kier molecular flexibility index (Phi) is 3.90. The maximum atomic E-state index is 3.76. The quantitative estimate of drug-likeness (QED) is 0.701. The monoisotopic (exact) mass is 248 g/mol. The van der Waals surface area contributed by atoms with E-state index in [4.69, 9.17) is 0 Å². The van der Waals surface area contributed by atoms with Crippen molar-refractivity contribution in [3.63, 3.8) is 0 Å². The van der Waals surface area contributed by atoms with E-state index in [1.54, 1.807) is 0 Å². The van der Waals surface area contributed by atoms with Gasteiger partial charge in [0.05, 0.1) is 0 Å². The molecule has 0 aliphatic heterocycles. The van der Waals surface area contributed by atoms with Crippen LogP contribution in [-0.4, -0.2) is 0 Å². The smallest absolute Gasteiger partial charge is 0.00940 e. The van der Waals surface area contributed by atoms with E-state index < -0.39 is 0 Å². The first-order valence-electron chi connectivity index (χ1n) is 4.49. The first-order chi connectivity index (χ1) is 6.42. The number of hydrogen-bond donors (Lipinski definition) is 0. The highest BCUT2D eigenvalue weighted by atomic mass is 79.9. The van der Waals surface area contributed by atoms with Crippen molar-refractivity contribution in [3.8, 4) is 0 Å². The maximum Gasteiger partial charge on any atom is -0.00940 e. The summed E-state index contributed by atoms with van der Waals surface area (Å²) in [7, 11) is 0. The van der Waals surface area contributed by atoms with Crippen molar-refractivity contribution in [3.05, 3.63) is 60.7 Å². The summed E-state index contributed by atoms with van der Waals surface area (Å²) in [6.45, 7) is 3.76. The minimum absolute atomic E-state index is 0. The molecule has 0 spiro atoms. The Balaban J connectivity index is 0.000000980. The van der Waals surface area contributed by atoms with Gasteiger partial charge in [-0.3, -0.25) is 0 Å². The van der Waals surface area contributed by atoms with Crippen LogP contribution in [0.5, 0.6) is 0 Å². The molecule has 0 fully saturated rings. The zero-order chi connectivity index (χ0) is 9.10. The first kappa shape index (κ1) is 11.0. The van der Waals surface area contributed by atoms with Gasteiger partial charge in [0.2, 0.25) is 0 Å². The summed E-state index contributed by atoms with van der Waals surface area (Å²) >= 11 is 0. The molecule has 0 aliphatic rings. The Morgan fingerprint density at radius 2 is 1.71 bits per heavy atom. The molecule has 2 rings (SSSR count). The fraction of sp³-hybridized carbons (Fsp3) is 0.0769. The van der Waals surface area contributed by atoms with Crippen LogP contribution >= 0.6 is 17.0 Å². The van der Waals surface area contributed by atoms with Crippen LogP contribution in [0.15, 0.2) is 55.1 Å². The molecule has 0 aromatic heterocycles. The summed E-state index contributed by atoms with van der Waals surface area (Å²) < 4.78 is 0. The second kappa shape index (κ2) is 4.97. The molecule has 0 aliphatic carbocycles. The van der Waals surface area contributed by atoms with Gasteiger partial charge >= 0.3 is 0 Å². The molecule has 0 radical (unpaired) electrons. The van der Waals surface area contributed by atoms with E-state index in [0.29, 0.717) is 0 Å². The summed E-state index contributed by atoms with van der Waals surface area (Å²) in [5, 5.41) is 2.65. The number of hydrogen-bond acceptors (Lipinski definition) is 0. The summed E-state index contributed by atoms with van der Waals surface area (Å²) in [5.74, 6) is 0. The zero-order valence-corrected chi connectivity index (χ0v) is 9.65. The van der Waals surface area contributed by atoms with Gasteiger partial charge in [0.25, 0.3) is 0 Å². The van der Waals surface area contributed by atoms with Gasteiger partial charge in [-0.1, -0.05) is 48.5 Å². The second-order valence-corrected chi connectivity index (χ2v) is 3.13. The molecule has 0 N–H and O–H groups in total. The fourth-order valence-corrected chi connectivity index (χ4v) is 1.63. The van der Waals surface area contributed by atoms with Crippen LogP contribution in [-0.2, 0) is 6.42 Å². The number of rotatable bonds is 2. The van der Waals surface area contributed by atoms with Crippen molar-refractivity contribution in [2.75, 3.05) is 0 Å². The summed E-state index contributed by atoms with van der Waals surface area (Å²) in [6.07, 6.45) is 2.89. The maximum absolute atomic E-state index is 3.76. The Hall–Kier alpha value is -1.08. The fourth-order valence-electron chi connectivity index (χ4n) is 1.63. The van der Waals surface area contributed by atoms with E-state index in [1.807, 2.05) is 6.08 Å². The third-order valence-electron chi connectivity index (χ3n) is 2.24. The average Bonchev–Trinajstić information content (AvgIpc) is 2.19. The zero-order valence-electron chi connectivity index (χ0n) is 7.94. The van der Waals surface area contributed by atoms with Crippen LogP contribution in [0.25, 0.3) is 10.8 Å². The van der Waals surface area contributed by atoms with Crippen molar-refractivity contribution in [2.45, 2.75) is 6.42 Å². The third-order valence-corrected chi connectivity index (χ3v) is 2.24. The Labute approximate surface area is 95.0 Å². The van der Waals surface area contributed by atoms with Gasteiger partial charge < -0.3 is 0 Å². The standard InChI is InChI=1S/C13H12.BrH/c1-2-6-11-8-5-9-12-7-3-4-10-13(11)12;/h2-5,7-10H,1,6H2;1H. The lowest BCUT2D eigenvalue weighted by atomic mass is 10.0. The van der Waals surface area contributed by atoms with Crippen molar-refractivity contribution in [1.29, 1.82) is 0 Å². The van der Waals surface area contributed by atoms with Crippen LogP contribution in [0.3, 0.4) is 0 Å². The molecule has 0 bridgehead atoms. The van der Waals surface area contributed by atoms with E-state index in [1.165, 1.54) is 16.3 Å². The molecule has 72 valence electrons. The third kappa shape index (κ3) is 2.05. The van der Waals surface area contributed by atoms with Crippen LogP contribution in [0.1, 0.15) is 5.56 Å². The molecular formula is C13H13Br. The van der Waals surface area contributed by atoms with E-state index in [2.05, 4.69) is 49.0 Å². The van der Waals surface area contributed by atoms with Gasteiger partial charge in [-0.15, -0.1) is 23.6 Å². The van der Waals surface area contributed by atoms with Crippen LogP contribution in [0.2, 0.25) is 0 Å². The molecule has 0 saturated heterocycles. The predicted molar refractivity (Wildman–Crippen MR) is 68.2 cm³/mol. The van der Waals surface area contributed by atoms with Gasteiger partial charge in [-0.05, 0) is 22.8 Å². The summed E-state index contributed by atoms with van der Waals surface area (Å²) in [4.78, 5) is 0. The highest BCUT2D eigenvalue weighted by Crippen LogP contribution is 2.18. The number of allylic oxidation sites excluding steroid dienone is 1. The van der Waals surface area contributed by atoms with Gasteiger partial charge in [-0.25, -0.2) is 0 Å². The highest BCUT2D eigenvalue weighted by Gasteiger charge is 1.96. The van der Waals surface area contributed by atoms with Crippen molar-refractivity contribution in [1.82, 2.24) is 0 Å². The minimum atomic E-state index is 0. The molecule has 0 unspecified atom stereocenters. The topological polar surface area (TPSA) is 0 Å². The Bertz CT molecular complexity index is 427. The minimum Gasteiger partial charge on any atom is -0.114 e. The number of fused-ring (bicyclic) bond motifs is 1. The van der Waals surface area contributed by atoms with Crippen LogP contribution in [0, 0.1) is 0 Å². The lowest BCUT2D eigenvalue weighted by molar-refractivity contribution is 1.31. The predicted octanol–water partition coefficient (Wildman–Crippen LogP) is 4.15. The number of halogens is 1. The average molecular weight is 249 g/mol. The van der Waals surface area contributed by atoms with Crippen molar-refractivity contribution in [2.24, 2.45) is 0 Å². The van der Waals surface area contributed by atoms with E-state index in [-0.39, 0.29) is 17.0 Å². The molecule has 0 atom stereocenters. The summed E-state index contributed by atoms with van der Waals surface area (Å²) in [5.41, 5.74) is 1.35. The van der Waals surface area contributed by atoms with E-state index in [0.717, 1.165) is 6.42 Å². The first-order valence-corrected chi connectivity index (χ1v) is 4.49. The van der Waals surface area contributed by atoms with Crippen molar-refractivity contribution < 1.29 is 0 Å². The van der Waals surface area contributed by atoms with Gasteiger partial charge in [-0.2, -0.15) is 0 Å². The van der Waals surface area contributed by atoms with Crippen LogP contribution < -0.4 is 0 Å². The highest BCUT2D eigenvalue weighted by molar-refractivity contribution is 8.93. The molecule has 2 aromatic carbocycles. The van der Waals surface area contributed by atoms with Crippen LogP contribution in [0.4, 0.5) is 0 Å². The van der Waals surface area contributed by atoms with Crippen molar-refractivity contribution >= 4 is 27.8 Å². The van der Waals surface area contributed by atoms with Gasteiger partial charge in [0, 0.05) is 0 Å². The largest absolute Gasteiger partial charge is 0.114 e. The number of benzene rings is 2. The molecule has 0 nitrogen and oxygen atoms in total. The Morgan fingerprint density at radius 1 is 1.00 bits per heavy atom. The van der Waals surface area contributed by atoms with Gasteiger partial charge in [0.15, 0.2) is 0 Å². The molecule has 1 heteroatoms. The Morgan fingerprint density at radius 3 is 2.50 bits per heavy atom.